The number of rotatable bonds is 4. The number of aromatic amines is 1. The van der Waals surface area contributed by atoms with Gasteiger partial charge in [0.2, 0.25) is 0 Å². The second-order valence-electron chi connectivity index (χ2n) is 6.99. The molecule has 0 aliphatic heterocycles. The lowest BCUT2D eigenvalue weighted by molar-refractivity contribution is 0.655. The molecule has 1 aliphatic rings. The van der Waals surface area contributed by atoms with Crippen molar-refractivity contribution in [2.24, 2.45) is 0 Å². The molecule has 0 atom stereocenters. The Labute approximate surface area is 158 Å². The zero-order valence-electron chi connectivity index (χ0n) is 15.3. The molecule has 2 heteroatoms. The Morgan fingerprint density at radius 2 is 1.92 bits per heavy atom. The third-order valence-corrected chi connectivity index (χ3v) is 5.25. The minimum absolute atomic E-state index is 0.0686. The Bertz CT molecular complexity index is 973. The standard InChI is InChI=1S/C23H24BrN/c1-7-10-16-18-12-20-17(13-22(18)25-21(16)9-3)15(8-2)19(11-14(4)24)23(20,5)6/h7-13,25H,2-3H2,1,4-6H3/b10-7-,14-11+. The second-order valence-corrected chi connectivity index (χ2v) is 8.24. The van der Waals surface area contributed by atoms with Crippen LogP contribution in [0.1, 0.15) is 50.1 Å². The van der Waals surface area contributed by atoms with Crippen molar-refractivity contribution < 1.29 is 0 Å². The van der Waals surface area contributed by atoms with E-state index in [1.165, 1.54) is 33.2 Å². The predicted molar refractivity (Wildman–Crippen MR) is 116 cm³/mol. The first-order valence-corrected chi connectivity index (χ1v) is 9.31. The van der Waals surface area contributed by atoms with Crippen molar-refractivity contribution in [3.63, 3.8) is 0 Å². The quantitative estimate of drug-likeness (QED) is 0.557. The summed E-state index contributed by atoms with van der Waals surface area (Å²) in [4.78, 5) is 3.51. The number of nitrogens with one attached hydrogen (secondary N) is 1. The number of allylic oxidation sites excluding steroid dienone is 6. The summed E-state index contributed by atoms with van der Waals surface area (Å²) >= 11 is 3.59. The molecule has 3 rings (SSSR count). The first-order chi connectivity index (χ1) is 11.8. The Balaban J connectivity index is 2.38. The second kappa shape index (κ2) is 6.34. The molecule has 2 aromatic rings. The van der Waals surface area contributed by atoms with Gasteiger partial charge >= 0.3 is 0 Å². The zero-order valence-corrected chi connectivity index (χ0v) is 16.9. The van der Waals surface area contributed by atoms with Gasteiger partial charge in [-0.25, -0.2) is 0 Å². The summed E-state index contributed by atoms with van der Waals surface area (Å²) < 4.78 is 1.12. The lowest BCUT2D eigenvalue weighted by Crippen LogP contribution is -2.16. The van der Waals surface area contributed by atoms with Crippen LogP contribution in [0, 0.1) is 0 Å². The van der Waals surface area contributed by atoms with Crippen LogP contribution in [-0.4, -0.2) is 4.98 Å². The van der Waals surface area contributed by atoms with Gasteiger partial charge in [-0.1, -0.05) is 61.2 Å². The van der Waals surface area contributed by atoms with E-state index in [1.807, 2.05) is 19.1 Å². The van der Waals surface area contributed by atoms with E-state index in [4.69, 9.17) is 0 Å². The van der Waals surface area contributed by atoms with Crippen molar-refractivity contribution in [3.8, 4) is 0 Å². The lowest BCUT2D eigenvalue weighted by atomic mass is 9.80. The molecule has 25 heavy (non-hydrogen) atoms. The predicted octanol–water partition coefficient (Wildman–Crippen LogP) is 7.37. The van der Waals surface area contributed by atoms with Crippen LogP contribution in [0.15, 0.2) is 53.6 Å². The van der Waals surface area contributed by atoms with Crippen LogP contribution >= 0.6 is 15.9 Å². The molecule has 1 nitrogen and oxygen atoms in total. The van der Waals surface area contributed by atoms with Gasteiger partial charge in [-0.05, 0) is 64.9 Å². The van der Waals surface area contributed by atoms with Gasteiger partial charge in [0.15, 0.2) is 0 Å². The summed E-state index contributed by atoms with van der Waals surface area (Å²) in [5.41, 5.74) is 8.45. The van der Waals surface area contributed by atoms with Gasteiger partial charge in [-0.3, -0.25) is 0 Å². The molecule has 0 spiro atoms. The molecule has 128 valence electrons. The largest absolute Gasteiger partial charge is 0.355 e. The summed E-state index contributed by atoms with van der Waals surface area (Å²) in [5, 5.41) is 1.24. The summed E-state index contributed by atoms with van der Waals surface area (Å²) in [6.45, 7) is 16.7. The maximum atomic E-state index is 4.07. The van der Waals surface area contributed by atoms with Crippen LogP contribution in [0.4, 0.5) is 0 Å². The molecule has 0 fully saturated rings. The number of fused-ring (bicyclic) bond motifs is 2. The molecule has 1 N–H and O–H groups in total. The van der Waals surface area contributed by atoms with Crippen molar-refractivity contribution in [3.05, 3.63) is 76.0 Å². The van der Waals surface area contributed by atoms with Gasteiger partial charge in [-0.2, -0.15) is 0 Å². The molecule has 1 aromatic heterocycles. The highest BCUT2D eigenvalue weighted by Crippen LogP contribution is 2.49. The first-order valence-electron chi connectivity index (χ1n) is 8.51. The topological polar surface area (TPSA) is 15.8 Å². The van der Waals surface area contributed by atoms with E-state index in [0.717, 1.165) is 15.7 Å². The molecule has 0 radical (unpaired) electrons. The third kappa shape index (κ3) is 2.69. The molecule has 0 saturated heterocycles. The summed E-state index contributed by atoms with van der Waals surface area (Å²) in [6, 6.07) is 4.59. The first kappa shape index (κ1) is 17.8. The van der Waals surface area contributed by atoms with Gasteiger partial charge in [0.05, 0.1) is 0 Å². The van der Waals surface area contributed by atoms with Crippen LogP contribution in [0.2, 0.25) is 0 Å². The highest BCUT2D eigenvalue weighted by Gasteiger charge is 2.36. The van der Waals surface area contributed by atoms with E-state index in [2.05, 4.69) is 85.2 Å². The van der Waals surface area contributed by atoms with E-state index in [-0.39, 0.29) is 5.41 Å². The highest BCUT2D eigenvalue weighted by molar-refractivity contribution is 9.11. The molecule has 1 aliphatic carbocycles. The zero-order chi connectivity index (χ0) is 18.4. The Morgan fingerprint density at radius 1 is 1.20 bits per heavy atom. The number of H-pyrrole nitrogens is 1. The van der Waals surface area contributed by atoms with Crippen LogP contribution in [0.5, 0.6) is 0 Å². The van der Waals surface area contributed by atoms with Crippen LogP contribution in [-0.2, 0) is 5.41 Å². The van der Waals surface area contributed by atoms with E-state index >= 15 is 0 Å². The molecule has 0 amide bonds. The van der Waals surface area contributed by atoms with Gasteiger partial charge in [0.1, 0.15) is 0 Å². The fourth-order valence-corrected chi connectivity index (χ4v) is 4.06. The fourth-order valence-electron chi connectivity index (χ4n) is 3.83. The van der Waals surface area contributed by atoms with Gasteiger partial charge < -0.3 is 4.98 Å². The Morgan fingerprint density at radius 3 is 2.48 bits per heavy atom. The fraction of sp³-hybridized carbons (Fsp3) is 0.217. The van der Waals surface area contributed by atoms with E-state index in [0.29, 0.717) is 0 Å². The number of benzene rings is 1. The van der Waals surface area contributed by atoms with E-state index < -0.39 is 0 Å². The molecular weight excluding hydrogens is 370 g/mol. The average Bonchev–Trinajstić information content (AvgIpc) is 2.99. The highest BCUT2D eigenvalue weighted by atomic mass is 79.9. The van der Waals surface area contributed by atoms with Crippen LogP contribution in [0.25, 0.3) is 28.6 Å². The lowest BCUT2D eigenvalue weighted by Gasteiger charge is -2.23. The minimum atomic E-state index is -0.0686. The number of hydrogen-bond acceptors (Lipinski definition) is 0. The molecule has 0 unspecified atom stereocenters. The summed E-state index contributed by atoms with van der Waals surface area (Å²) in [5.74, 6) is 0. The van der Waals surface area contributed by atoms with Crippen LogP contribution < -0.4 is 0 Å². The van der Waals surface area contributed by atoms with Crippen molar-refractivity contribution in [2.75, 3.05) is 0 Å². The Kier molecular flexibility index (Phi) is 4.51. The SMILES string of the molecule is C=CC1=C(/C=C(\C)Br)C(C)(C)c2cc3c(/C=C\C)c(C=C)[nH]c3cc21. The number of halogens is 1. The number of aromatic nitrogens is 1. The van der Waals surface area contributed by atoms with Gasteiger partial charge in [0.25, 0.3) is 0 Å². The molecule has 1 heterocycles. The summed E-state index contributed by atoms with van der Waals surface area (Å²) in [7, 11) is 0. The molecule has 1 aromatic carbocycles. The van der Waals surface area contributed by atoms with Gasteiger partial charge in [0, 0.05) is 27.6 Å². The van der Waals surface area contributed by atoms with Crippen molar-refractivity contribution in [1.82, 2.24) is 4.98 Å². The van der Waals surface area contributed by atoms with Gasteiger partial charge in [-0.15, -0.1) is 0 Å². The number of hydrogen-bond donors (Lipinski definition) is 1. The average molecular weight is 394 g/mol. The maximum Gasteiger partial charge on any atom is 0.0471 e. The monoisotopic (exact) mass is 393 g/mol. The third-order valence-electron chi connectivity index (χ3n) is 5.02. The summed E-state index contributed by atoms with van der Waals surface area (Å²) in [6.07, 6.45) is 10.3. The van der Waals surface area contributed by atoms with Crippen molar-refractivity contribution >= 4 is 44.6 Å². The molecule has 0 saturated carbocycles. The Hall–Kier alpha value is -2.06. The smallest absolute Gasteiger partial charge is 0.0471 e. The molecular formula is C23H24BrN. The van der Waals surface area contributed by atoms with Crippen molar-refractivity contribution in [1.29, 1.82) is 0 Å². The van der Waals surface area contributed by atoms with E-state index in [9.17, 15) is 0 Å². The van der Waals surface area contributed by atoms with E-state index in [1.54, 1.807) is 0 Å². The van der Waals surface area contributed by atoms with Crippen LogP contribution in [0.3, 0.4) is 0 Å². The minimum Gasteiger partial charge on any atom is -0.355 e. The molecule has 0 bridgehead atoms. The van der Waals surface area contributed by atoms with Crippen molar-refractivity contribution in [2.45, 2.75) is 33.1 Å². The normalized spacial score (nSPS) is 16.8. The maximum absolute atomic E-state index is 4.07.